The summed E-state index contributed by atoms with van der Waals surface area (Å²) in [6.45, 7) is 0. The molecule has 0 N–H and O–H groups in total. The van der Waals surface area contributed by atoms with Crippen LogP contribution in [0.25, 0.3) is 120 Å². The number of nitrogens with zero attached hydrogens (tertiary/aromatic N) is 4. The van der Waals surface area contributed by atoms with Crippen LogP contribution in [0.4, 0.5) is 0 Å². The molecule has 350 valence electrons. The van der Waals surface area contributed by atoms with Gasteiger partial charge in [-0.1, -0.05) is 231 Å². The van der Waals surface area contributed by atoms with Gasteiger partial charge in [0.05, 0.1) is 11.2 Å². The Morgan fingerprint density at radius 3 is 1.27 bits per heavy atom. The average molecular weight is 955 g/mol. The molecule has 1 atom stereocenters. The Balaban J connectivity index is 0.942. The van der Waals surface area contributed by atoms with Gasteiger partial charge in [-0.3, -0.25) is 0 Å². The van der Waals surface area contributed by atoms with Gasteiger partial charge in [0.1, 0.15) is 12.0 Å². The molecule has 0 fully saturated rings. The number of amidine groups is 2. The van der Waals surface area contributed by atoms with E-state index in [0.29, 0.717) is 0 Å². The average Bonchev–Trinajstić information content (AvgIpc) is 3.52. The number of benzene rings is 13. The first kappa shape index (κ1) is 42.9. The van der Waals surface area contributed by atoms with Crippen molar-refractivity contribution < 1.29 is 0 Å². The molecule has 15 rings (SSSR count). The van der Waals surface area contributed by atoms with Gasteiger partial charge in [-0.15, -0.1) is 0 Å². The zero-order chi connectivity index (χ0) is 49.6. The molecule has 2 heterocycles. The Bertz CT molecular complexity index is 4640. The predicted molar refractivity (Wildman–Crippen MR) is 317 cm³/mol. The lowest BCUT2D eigenvalue weighted by Crippen LogP contribution is -2.35. The Morgan fingerprint density at radius 2 is 0.720 bits per heavy atom. The number of rotatable bonds is 6. The second-order valence-corrected chi connectivity index (χ2v) is 19.9. The Hall–Kier alpha value is -9.77. The van der Waals surface area contributed by atoms with Crippen LogP contribution in [0.15, 0.2) is 265 Å². The van der Waals surface area contributed by atoms with Crippen molar-refractivity contribution in [2.45, 2.75) is 6.17 Å². The van der Waals surface area contributed by atoms with Crippen LogP contribution in [0.5, 0.6) is 0 Å². The third-order valence-corrected chi connectivity index (χ3v) is 15.7. The first-order valence-electron chi connectivity index (χ1n) is 25.8. The van der Waals surface area contributed by atoms with Gasteiger partial charge in [0.2, 0.25) is 0 Å². The summed E-state index contributed by atoms with van der Waals surface area (Å²) >= 11 is 0. The van der Waals surface area contributed by atoms with Crippen molar-refractivity contribution in [3.63, 3.8) is 0 Å². The molecule has 0 saturated heterocycles. The van der Waals surface area contributed by atoms with Gasteiger partial charge in [-0.2, -0.15) is 0 Å². The highest BCUT2D eigenvalue weighted by atomic mass is 15.3. The Kier molecular flexibility index (Phi) is 9.82. The summed E-state index contributed by atoms with van der Waals surface area (Å²) in [7, 11) is 2.09. The highest BCUT2D eigenvalue weighted by molar-refractivity contribution is 6.28. The number of fused-ring (bicyclic) bond motifs is 15. The number of aromatic nitrogens is 1. The van der Waals surface area contributed by atoms with Crippen LogP contribution in [0, 0.1) is 0 Å². The topological polar surface area (TPSA) is 40.9 Å². The summed E-state index contributed by atoms with van der Waals surface area (Å²) in [4.78, 5) is 18.3. The monoisotopic (exact) mass is 954 g/mol. The van der Waals surface area contributed by atoms with Crippen LogP contribution >= 0.6 is 0 Å². The summed E-state index contributed by atoms with van der Waals surface area (Å²) in [5.41, 5.74) is 10.7. The van der Waals surface area contributed by atoms with Crippen molar-refractivity contribution in [3.8, 4) is 33.5 Å². The quantitative estimate of drug-likeness (QED) is 0.156. The van der Waals surface area contributed by atoms with Crippen molar-refractivity contribution >= 4 is 98.0 Å². The lowest BCUT2D eigenvalue weighted by molar-refractivity contribution is 0.383. The molecule has 0 aliphatic carbocycles. The summed E-state index contributed by atoms with van der Waals surface area (Å²) in [6.07, 6.45) is -0.280. The van der Waals surface area contributed by atoms with Crippen LogP contribution < -0.4 is 0 Å². The second kappa shape index (κ2) is 17.2. The van der Waals surface area contributed by atoms with Crippen molar-refractivity contribution in [2.75, 3.05) is 7.05 Å². The Labute approximate surface area is 433 Å². The molecular weight excluding hydrogens is 909 g/mol. The van der Waals surface area contributed by atoms with Gasteiger partial charge in [0, 0.05) is 34.5 Å². The molecule has 4 heteroatoms. The molecular formula is C71H46N4. The standard InChI is InChI=1S/C71H46N4/c1-75-70(46-20-6-3-7-21-46)73-69(45-18-4-2-5-19-45)74-71(75)47-34-32-44(33-35-47)62-42-66-63(48-36-38-59-54-26-10-8-22-50(54)52-24-12-14-28-56(52)64(59)40-48)43-67(72-68(66)61-31-17-16-30-58(61)62)49-37-39-60-55-27-11-9-23-51(55)53-25-13-15-29-57(53)65(60)41-49/h2-43,71H,1H3. The second-order valence-electron chi connectivity index (χ2n) is 19.9. The third kappa shape index (κ3) is 6.95. The van der Waals surface area contributed by atoms with E-state index in [4.69, 9.17) is 15.0 Å². The molecule has 4 nitrogen and oxygen atoms in total. The fourth-order valence-corrected chi connectivity index (χ4v) is 12.1. The van der Waals surface area contributed by atoms with E-state index in [1.54, 1.807) is 0 Å². The Morgan fingerprint density at radius 1 is 0.307 bits per heavy atom. The molecule has 1 unspecified atom stereocenters. The molecule has 1 aromatic heterocycles. The fourth-order valence-electron chi connectivity index (χ4n) is 12.1. The summed E-state index contributed by atoms with van der Waals surface area (Å²) in [5.74, 6) is 1.61. The van der Waals surface area contributed by atoms with Crippen molar-refractivity contribution in [1.82, 2.24) is 9.88 Å². The van der Waals surface area contributed by atoms with E-state index in [-0.39, 0.29) is 6.17 Å². The summed E-state index contributed by atoms with van der Waals surface area (Å²) in [5, 5.41) is 18.4. The molecule has 14 aromatic rings. The van der Waals surface area contributed by atoms with Crippen molar-refractivity contribution in [3.05, 3.63) is 271 Å². The minimum atomic E-state index is -0.280. The predicted octanol–water partition coefficient (Wildman–Crippen LogP) is 18.1. The number of hydrogen-bond donors (Lipinski definition) is 0. The summed E-state index contributed by atoms with van der Waals surface area (Å²) in [6, 6.07) is 92.5. The number of aliphatic imine (C=N–C) groups is 2. The largest absolute Gasteiger partial charge is 0.333 e. The maximum atomic E-state index is 5.71. The van der Waals surface area contributed by atoms with Gasteiger partial charge in [0.15, 0.2) is 5.84 Å². The van der Waals surface area contributed by atoms with Crippen LogP contribution in [0.2, 0.25) is 0 Å². The van der Waals surface area contributed by atoms with Crippen LogP contribution in [-0.2, 0) is 0 Å². The van der Waals surface area contributed by atoms with Gasteiger partial charge >= 0.3 is 0 Å². The third-order valence-electron chi connectivity index (χ3n) is 15.7. The lowest BCUT2D eigenvalue weighted by Gasteiger charge is -2.32. The molecule has 0 saturated carbocycles. The molecule has 0 radical (unpaired) electrons. The highest BCUT2D eigenvalue weighted by Gasteiger charge is 2.27. The minimum Gasteiger partial charge on any atom is -0.333 e. The molecule has 1 aliphatic heterocycles. The molecule has 0 amide bonds. The van der Waals surface area contributed by atoms with Crippen LogP contribution in [-0.4, -0.2) is 28.6 Å². The fraction of sp³-hybridized carbons (Fsp3) is 0.0282. The zero-order valence-electron chi connectivity index (χ0n) is 41.1. The molecule has 75 heavy (non-hydrogen) atoms. The molecule has 1 aliphatic rings. The van der Waals surface area contributed by atoms with Crippen LogP contribution in [0.3, 0.4) is 0 Å². The molecule has 0 spiro atoms. The van der Waals surface area contributed by atoms with Crippen molar-refractivity contribution in [2.24, 2.45) is 9.98 Å². The molecule has 0 bridgehead atoms. The first-order valence-corrected chi connectivity index (χ1v) is 25.8. The highest BCUT2D eigenvalue weighted by Crippen LogP contribution is 2.44. The SMILES string of the molecule is CN1C(c2ccccc2)=NC(c2ccccc2)=NC1c1ccc(-c2cc3c(-c4ccc5c6ccccc6c6ccccc6c5c4)cc(-c4ccc5c6ccccc6c6ccccc6c5c4)nc3c3ccccc23)cc1. The molecule has 13 aromatic carbocycles. The van der Waals surface area contributed by atoms with Gasteiger partial charge in [-0.25, -0.2) is 15.0 Å². The van der Waals surface area contributed by atoms with E-state index in [1.807, 2.05) is 24.3 Å². The van der Waals surface area contributed by atoms with Gasteiger partial charge < -0.3 is 4.90 Å². The van der Waals surface area contributed by atoms with E-state index >= 15 is 0 Å². The zero-order valence-corrected chi connectivity index (χ0v) is 41.1. The van der Waals surface area contributed by atoms with Gasteiger partial charge in [0.25, 0.3) is 0 Å². The van der Waals surface area contributed by atoms with E-state index in [0.717, 1.165) is 83.5 Å². The normalized spacial score (nSPS) is 13.9. The number of pyridine rings is 1. The minimum absolute atomic E-state index is 0.280. The maximum Gasteiger partial charge on any atom is 0.159 e. The number of hydrogen-bond acceptors (Lipinski definition) is 4. The van der Waals surface area contributed by atoms with Crippen molar-refractivity contribution in [1.29, 1.82) is 0 Å². The smallest absolute Gasteiger partial charge is 0.159 e. The van der Waals surface area contributed by atoms with E-state index in [9.17, 15) is 0 Å². The first-order chi connectivity index (χ1) is 37.1. The van der Waals surface area contributed by atoms with E-state index < -0.39 is 0 Å². The lowest BCUT2D eigenvalue weighted by atomic mass is 9.88. The summed E-state index contributed by atoms with van der Waals surface area (Å²) < 4.78 is 0. The van der Waals surface area contributed by atoms with E-state index in [1.165, 1.54) is 64.6 Å². The maximum absolute atomic E-state index is 5.71. The van der Waals surface area contributed by atoms with Gasteiger partial charge in [-0.05, 0) is 122 Å². The van der Waals surface area contributed by atoms with E-state index in [2.05, 4.69) is 242 Å². The van der Waals surface area contributed by atoms with Crippen LogP contribution in [0.1, 0.15) is 22.9 Å².